The third kappa shape index (κ3) is 9.77. The first-order valence-electron chi connectivity index (χ1n) is 9.10. The van der Waals surface area contributed by atoms with Crippen molar-refractivity contribution in [2.75, 3.05) is 6.61 Å². The zero-order chi connectivity index (χ0) is 22.6. The Bertz CT molecular complexity index is 946. The van der Waals surface area contributed by atoms with Crippen molar-refractivity contribution in [2.24, 2.45) is 0 Å². The van der Waals surface area contributed by atoms with Crippen LogP contribution < -0.4 is 26.2 Å². The Morgan fingerprint density at radius 1 is 0.968 bits per heavy atom. The molecule has 0 aliphatic heterocycles. The predicted octanol–water partition coefficient (Wildman–Crippen LogP) is 2.60. The Labute approximate surface area is 198 Å². The van der Waals surface area contributed by atoms with Gasteiger partial charge in [-0.05, 0) is 36.0 Å². The molecule has 0 fully saturated rings. The Balaban J connectivity index is 1.59. The van der Waals surface area contributed by atoms with Crippen LogP contribution in [0.1, 0.15) is 18.4 Å². The Hall–Kier alpha value is -2.69. The third-order valence-electron chi connectivity index (χ3n) is 3.73. The van der Waals surface area contributed by atoms with Crippen LogP contribution in [0.4, 0.5) is 0 Å². The highest BCUT2D eigenvalue weighted by atomic mass is 79.9. The lowest BCUT2D eigenvalue weighted by Gasteiger charge is -2.12. The molecule has 8 nitrogen and oxygen atoms in total. The van der Waals surface area contributed by atoms with Crippen molar-refractivity contribution in [2.45, 2.75) is 19.4 Å². The molecule has 0 aliphatic rings. The summed E-state index contributed by atoms with van der Waals surface area (Å²) in [5.74, 6) is -0.897. The van der Waals surface area contributed by atoms with Gasteiger partial charge in [-0.25, -0.2) is 0 Å². The quantitative estimate of drug-likeness (QED) is 0.310. The zero-order valence-corrected chi connectivity index (χ0v) is 19.4. The van der Waals surface area contributed by atoms with Crippen LogP contribution in [0.15, 0.2) is 53.0 Å². The molecular formula is C20H20BrClN4O4S. The average Bonchev–Trinajstić information content (AvgIpc) is 2.75. The fraction of sp³-hybridized carbons (Fsp3) is 0.200. The average molecular weight is 528 g/mol. The van der Waals surface area contributed by atoms with Crippen molar-refractivity contribution in [1.82, 2.24) is 21.5 Å². The smallest absolute Gasteiger partial charge is 0.264 e. The van der Waals surface area contributed by atoms with E-state index < -0.39 is 11.8 Å². The van der Waals surface area contributed by atoms with E-state index in [-0.39, 0.29) is 30.5 Å². The lowest BCUT2D eigenvalue weighted by atomic mass is 10.2. The minimum atomic E-state index is -0.536. The van der Waals surface area contributed by atoms with Crippen molar-refractivity contribution in [1.29, 1.82) is 0 Å². The van der Waals surface area contributed by atoms with Crippen molar-refractivity contribution >= 4 is 62.6 Å². The molecule has 164 valence electrons. The molecule has 0 saturated heterocycles. The monoisotopic (exact) mass is 526 g/mol. The summed E-state index contributed by atoms with van der Waals surface area (Å²) < 4.78 is 6.10. The van der Waals surface area contributed by atoms with Gasteiger partial charge >= 0.3 is 0 Å². The normalized spacial score (nSPS) is 10.0. The van der Waals surface area contributed by atoms with Crippen LogP contribution in [0.5, 0.6) is 5.75 Å². The summed E-state index contributed by atoms with van der Waals surface area (Å²) in [7, 11) is 0. The number of hydrazine groups is 1. The second-order valence-corrected chi connectivity index (χ2v) is 7.91. The van der Waals surface area contributed by atoms with Crippen LogP contribution >= 0.6 is 39.7 Å². The molecule has 2 aromatic carbocycles. The first-order chi connectivity index (χ1) is 14.8. The summed E-state index contributed by atoms with van der Waals surface area (Å²) >= 11 is 14.2. The molecule has 0 atom stereocenters. The van der Waals surface area contributed by atoms with Crippen molar-refractivity contribution in [3.05, 3.63) is 63.6 Å². The largest absolute Gasteiger partial charge is 0.482 e. The van der Waals surface area contributed by atoms with Gasteiger partial charge in [-0.2, -0.15) is 0 Å². The van der Waals surface area contributed by atoms with Crippen molar-refractivity contribution in [3.8, 4) is 5.75 Å². The van der Waals surface area contributed by atoms with Crippen LogP contribution in [0.3, 0.4) is 0 Å². The predicted molar refractivity (Wildman–Crippen MR) is 124 cm³/mol. The lowest BCUT2D eigenvalue weighted by molar-refractivity contribution is -0.126. The van der Waals surface area contributed by atoms with Gasteiger partial charge in [-0.15, -0.1) is 0 Å². The van der Waals surface area contributed by atoms with Gasteiger partial charge in [0.05, 0.1) is 5.02 Å². The maximum Gasteiger partial charge on any atom is 0.264 e. The maximum absolute atomic E-state index is 11.9. The summed E-state index contributed by atoms with van der Waals surface area (Å²) in [4.78, 5) is 35.5. The number of carbonyl (C=O) groups excluding carboxylic acids is 3. The molecule has 0 radical (unpaired) electrons. The van der Waals surface area contributed by atoms with E-state index in [9.17, 15) is 14.4 Å². The number of hydrogen-bond acceptors (Lipinski definition) is 5. The summed E-state index contributed by atoms with van der Waals surface area (Å²) in [5, 5.41) is 5.32. The van der Waals surface area contributed by atoms with Gasteiger partial charge in [0.15, 0.2) is 11.7 Å². The van der Waals surface area contributed by atoms with E-state index in [2.05, 4.69) is 37.4 Å². The van der Waals surface area contributed by atoms with Crippen LogP contribution in [-0.4, -0.2) is 29.4 Å². The minimum Gasteiger partial charge on any atom is -0.482 e. The molecule has 2 rings (SSSR count). The van der Waals surface area contributed by atoms with Crippen molar-refractivity contribution in [3.63, 3.8) is 0 Å². The highest BCUT2D eigenvalue weighted by molar-refractivity contribution is 9.10. The van der Waals surface area contributed by atoms with E-state index in [0.717, 1.165) is 10.0 Å². The van der Waals surface area contributed by atoms with Gasteiger partial charge in [0.2, 0.25) is 11.8 Å². The molecule has 0 spiro atoms. The van der Waals surface area contributed by atoms with Gasteiger partial charge in [-0.3, -0.25) is 30.6 Å². The van der Waals surface area contributed by atoms with Gasteiger partial charge in [-0.1, -0.05) is 57.9 Å². The van der Waals surface area contributed by atoms with Gasteiger partial charge in [0.25, 0.3) is 5.91 Å². The molecular weight excluding hydrogens is 508 g/mol. The molecule has 0 aromatic heterocycles. The highest BCUT2D eigenvalue weighted by Crippen LogP contribution is 2.27. The summed E-state index contributed by atoms with van der Waals surface area (Å²) in [5.41, 5.74) is 5.67. The molecule has 0 unspecified atom stereocenters. The molecule has 31 heavy (non-hydrogen) atoms. The second-order valence-electron chi connectivity index (χ2n) is 6.18. The molecule has 0 aliphatic carbocycles. The molecule has 0 bridgehead atoms. The standard InChI is InChI=1S/C20H20BrClN4O4S/c21-14-6-7-16(15(22)10-14)30-12-19(29)24-20(31)26-25-18(28)9-8-17(27)23-11-13-4-2-1-3-5-13/h1-7,10H,8-9,11-12H2,(H,23,27)(H,25,28)(H2,24,26,29,31). The second kappa shape index (κ2) is 12.9. The summed E-state index contributed by atoms with van der Waals surface area (Å²) in [6, 6.07) is 14.4. The number of halogens is 2. The lowest BCUT2D eigenvalue weighted by Crippen LogP contribution is -2.49. The molecule has 0 heterocycles. The third-order valence-corrected chi connectivity index (χ3v) is 4.73. The number of thiocarbonyl (C=S) groups is 1. The highest BCUT2D eigenvalue weighted by Gasteiger charge is 2.10. The van der Waals surface area contributed by atoms with Crippen LogP contribution in [0, 0.1) is 0 Å². The number of amides is 3. The number of rotatable bonds is 8. The first kappa shape index (κ1) is 24.6. The maximum atomic E-state index is 11.9. The fourth-order valence-electron chi connectivity index (χ4n) is 2.23. The molecule has 3 amide bonds. The van der Waals surface area contributed by atoms with Crippen LogP contribution in [-0.2, 0) is 20.9 Å². The van der Waals surface area contributed by atoms with E-state index in [1.54, 1.807) is 18.2 Å². The van der Waals surface area contributed by atoms with E-state index in [1.165, 1.54) is 0 Å². The summed E-state index contributed by atoms with van der Waals surface area (Å²) in [6.07, 6.45) is -0.0311. The van der Waals surface area contributed by atoms with E-state index in [0.29, 0.717) is 17.3 Å². The fourth-order valence-corrected chi connectivity index (χ4v) is 3.12. The van der Waals surface area contributed by atoms with Crippen LogP contribution in [0.2, 0.25) is 5.02 Å². The Kier molecular flexibility index (Phi) is 10.2. The van der Waals surface area contributed by atoms with Gasteiger partial charge in [0.1, 0.15) is 5.75 Å². The minimum absolute atomic E-state index is 0.0151. The summed E-state index contributed by atoms with van der Waals surface area (Å²) in [6.45, 7) is 0.0713. The zero-order valence-electron chi connectivity index (χ0n) is 16.2. The molecule has 2 aromatic rings. The van der Waals surface area contributed by atoms with Crippen LogP contribution in [0.25, 0.3) is 0 Å². The Morgan fingerprint density at radius 3 is 2.39 bits per heavy atom. The molecule has 0 saturated carbocycles. The Morgan fingerprint density at radius 2 is 1.68 bits per heavy atom. The number of nitrogens with one attached hydrogen (secondary N) is 4. The number of hydrogen-bond donors (Lipinski definition) is 4. The van der Waals surface area contributed by atoms with E-state index in [1.807, 2.05) is 30.3 Å². The van der Waals surface area contributed by atoms with Gasteiger partial charge in [0, 0.05) is 23.9 Å². The van der Waals surface area contributed by atoms with Gasteiger partial charge < -0.3 is 10.1 Å². The number of benzene rings is 2. The number of ether oxygens (including phenoxy) is 1. The SMILES string of the molecule is O=C(CCC(=O)NNC(=S)NC(=O)COc1ccc(Br)cc1Cl)NCc1ccccc1. The number of carbonyl (C=O) groups is 3. The molecule has 11 heteroatoms. The van der Waals surface area contributed by atoms with E-state index >= 15 is 0 Å². The first-order valence-corrected chi connectivity index (χ1v) is 10.7. The van der Waals surface area contributed by atoms with E-state index in [4.69, 9.17) is 28.6 Å². The topological polar surface area (TPSA) is 109 Å². The van der Waals surface area contributed by atoms with Crippen molar-refractivity contribution < 1.29 is 19.1 Å². The molecule has 4 N–H and O–H groups in total.